The number of halogens is 1. The molecule has 0 aliphatic heterocycles. The molecule has 4 aromatic rings. The average molecular weight is 541 g/mol. The minimum Gasteiger partial charge on any atom is -0.496 e. The molecule has 204 valence electrons. The topological polar surface area (TPSA) is 95.9 Å². The lowest BCUT2D eigenvalue weighted by Gasteiger charge is -2.24. The highest BCUT2D eigenvalue weighted by Crippen LogP contribution is 2.29. The Kier molecular flexibility index (Phi) is 9.25. The van der Waals surface area contributed by atoms with Gasteiger partial charge in [-0.3, -0.25) is 14.4 Å². The van der Waals surface area contributed by atoms with Crippen molar-refractivity contribution in [3.63, 3.8) is 0 Å². The van der Waals surface area contributed by atoms with E-state index in [9.17, 15) is 23.9 Å². The summed E-state index contributed by atoms with van der Waals surface area (Å²) >= 11 is 0. The minimum absolute atomic E-state index is 0.0408. The zero-order valence-corrected chi connectivity index (χ0v) is 22.0. The Morgan fingerprint density at radius 2 is 1.43 bits per heavy atom. The molecule has 0 spiro atoms. The molecule has 7 nitrogen and oxygen atoms in total. The first-order chi connectivity index (χ1) is 19.4. The quantitative estimate of drug-likeness (QED) is 0.260. The van der Waals surface area contributed by atoms with Crippen molar-refractivity contribution in [2.24, 2.45) is 0 Å². The third kappa shape index (κ3) is 6.91. The van der Waals surface area contributed by atoms with E-state index in [1.807, 2.05) is 24.3 Å². The number of hydrogen-bond donors (Lipinski definition) is 2. The van der Waals surface area contributed by atoms with Crippen LogP contribution in [-0.4, -0.2) is 41.4 Å². The monoisotopic (exact) mass is 540 g/mol. The van der Waals surface area contributed by atoms with E-state index < -0.39 is 17.7 Å². The van der Waals surface area contributed by atoms with Crippen molar-refractivity contribution >= 4 is 17.8 Å². The zero-order chi connectivity index (χ0) is 28.5. The van der Waals surface area contributed by atoms with E-state index in [-0.39, 0.29) is 32.0 Å². The summed E-state index contributed by atoms with van der Waals surface area (Å²) in [5, 5.41) is 12.2. The molecule has 0 aliphatic carbocycles. The van der Waals surface area contributed by atoms with E-state index in [2.05, 4.69) is 5.32 Å². The van der Waals surface area contributed by atoms with Gasteiger partial charge in [-0.05, 0) is 47.0 Å². The second-order valence-electron chi connectivity index (χ2n) is 9.08. The Labute approximate surface area is 231 Å². The van der Waals surface area contributed by atoms with Crippen LogP contribution >= 0.6 is 0 Å². The van der Waals surface area contributed by atoms with Gasteiger partial charge in [0.1, 0.15) is 11.6 Å². The zero-order valence-electron chi connectivity index (χ0n) is 22.0. The number of rotatable bonds is 11. The number of carboxylic acid groups (broad SMARTS) is 1. The van der Waals surface area contributed by atoms with Gasteiger partial charge in [0.2, 0.25) is 0 Å². The van der Waals surface area contributed by atoms with Crippen molar-refractivity contribution in [1.29, 1.82) is 0 Å². The molecule has 0 aliphatic rings. The molecular formula is C32H29FN2O5. The summed E-state index contributed by atoms with van der Waals surface area (Å²) < 4.78 is 18.8. The number of aliphatic carboxylic acids is 1. The van der Waals surface area contributed by atoms with Gasteiger partial charge in [-0.25, -0.2) is 4.39 Å². The largest absolute Gasteiger partial charge is 0.496 e. The predicted octanol–water partition coefficient (Wildman–Crippen LogP) is 5.55. The van der Waals surface area contributed by atoms with E-state index in [0.717, 1.165) is 5.56 Å². The number of methoxy groups -OCH3 is 1. The van der Waals surface area contributed by atoms with Crippen LogP contribution < -0.4 is 10.1 Å². The van der Waals surface area contributed by atoms with Crippen LogP contribution in [-0.2, 0) is 17.9 Å². The smallest absolute Gasteiger partial charge is 0.305 e. The number of amides is 2. The van der Waals surface area contributed by atoms with Crippen molar-refractivity contribution in [3.8, 4) is 16.9 Å². The van der Waals surface area contributed by atoms with Crippen LogP contribution in [0.3, 0.4) is 0 Å². The molecule has 0 heterocycles. The number of nitrogens with one attached hydrogen (secondary N) is 1. The van der Waals surface area contributed by atoms with Crippen molar-refractivity contribution in [3.05, 3.63) is 125 Å². The molecule has 0 saturated carbocycles. The summed E-state index contributed by atoms with van der Waals surface area (Å²) in [5.74, 6) is -1.50. The summed E-state index contributed by atoms with van der Waals surface area (Å²) in [4.78, 5) is 39.9. The molecular weight excluding hydrogens is 511 g/mol. The van der Waals surface area contributed by atoms with E-state index >= 15 is 0 Å². The Morgan fingerprint density at radius 1 is 0.825 bits per heavy atom. The van der Waals surface area contributed by atoms with Gasteiger partial charge in [0.25, 0.3) is 11.8 Å². The summed E-state index contributed by atoms with van der Waals surface area (Å²) in [6.45, 7) is 0.307. The Balaban J connectivity index is 1.64. The third-order valence-corrected chi connectivity index (χ3v) is 6.42. The molecule has 0 unspecified atom stereocenters. The highest BCUT2D eigenvalue weighted by atomic mass is 19.1. The first-order valence-corrected chi connectivity index (χ1v) is 12.7. The summed E-state index contributed by atoms with van der Waals surface area (Å²) in [6, 6.07) is 27.0. The average Bonchev–Trinajstić information content (AvgIpc) is 2.98. The fourth-order valence-corrected chi connectivity index (χ4v) is 4.40. The highest BCUT2D eigenvalue weighted by molar-refractivity contribution is 6.06. The molecule has 0 radical (unpaired) electrons. The number of carbonyl (C=O) groups excluding carboxylic acids is 2. The fraction of sp³-hybridized carbons (Fsp3) is 0.156. The molecule has 0 fully saturated rings. The summed E-state index contributed by atoms with van der Waals surface area (Å²) in [7, 11) is 1.57. The van der Waals surface area contributed by atoms with E-state index in [0.29, 0.717) is 33.6 Å². The van der Waals surface area contributed by atoms with Crippen molar-refractivity contribution in [2.45, 2.75) is 19.5 Å². The number of para-hydroxylation sites is 1. The van der Waals surface area contributed by atoms with Gasteiger partial charge < -0.3 is 20.1 Å². The van der Waals surface area contributed by atoms with Crippen molar-refractivity contribution in [1.82, 2.24) is 10.2 Å². The number of ether oxygens (including phenoxy) is 1. The Bertz CT molecular complexity index is 1500. The molecule has 0 atom stereocenters. The number of nitrogens with zero attached hydrogens (tertiary/aromatic N) is 1. The third-order valence-electron chi connectivity index (χ3n) is 6.42. The lowest BCUT2D eigenvalue weighted by molar-refractivity contribution is -0.137. The lowest BCUT2D eigenvalue weighted by Crippen LogP contribution is -2.33. The summed E-state index contributed by atoms with van der Waals surface area (Å²) in [5.41, 5.74) is 3.28. The van der Waals surface area contributed by atoms with Gasteiger partial charge in [0.05, 0.1) is 13.5 Å². The summed E-state index contributed by atoms with van der Waals surface area (Å²) in [6.07, 6.45) is -0.253. The van der Waals surface area contributed by atoms with Gasteiger partial charge in [-0.1, -0.05) is 66.7 Å². The van der Waals surface area contributed by atoms with Gasteiger partial charge in [0, 0.05) is 36.3 Å². The molecule has 0 aromatic heterocycles. The molecule has 0 saturated heterocycles. The number of benzene rings is 4. The minimum atomic E-state index is -1.04. The van der Waals surface area contributed by atoms with Crippen LogP contribution in [0.25, 0.3) is 11.1 Å². The first-order valence-electron chi connectivity index (χ1n) is 12.7. The van der Waals surface area contributed by atoms with E-state index in [4.69, 9.17) is 4.74 Å². The Morgan fingerprint density at radius 3 is 2.10 bits per heavy atom. The molecule has 0 bridgehead atoms. The van der Waals surface area contributed by atoms with Gasteiger partial charge >= 0.3 is 5.97 Å². The molecule has 4 rings (SSSR count). The maximum Gasteiger partial charge on any atom is 0.305 e. The number of carboxylic acids is 1. The lowest BCUT2D eigenvalue weighted by atomic mass is 9.94. The standard InChI is InChI=1S/C32H29FN2O5/c1-40-29-13-7-2-8-23(29)20-34-31(38)27-11-5-3-9-25(27)26-10-4-6-12-28(26)32(39)35(19-18-30(36)37)21-22-14-16-24(33)17-15-22/h2-17H,18-21H2,1H3,(H,34,38)(H,36,37). The van der Waals surface area contributed by atoms with Crippen molar-refractivity contribution < 1.29 is 28.6 Å². The molecule has 2 N–H and O–H groups in total. The second kappa shape index (κ2) is 13.2. The molecule has 8 heteroatoms. The first kappa shape index (κ1) is 28.0. The highest BCUT2D eigenvalue weighted by Gasteiger charge is 2.23. The maximum absolute atomic E-state index is 13.8. The van der Waals surface area contributed by atoms with Crippen LogP contribution in [0.5, 0.6) is 5.75 Å². The van der Waals surface area contributed by atoms with Crippen LogP contribution in [0.15, 0.2) is 97.1 Å². The van der Waals surface area contributed by atoms with Crippen LogP contribution in [0, 0.1) is 5.82 Å². The van der Waals surface area contributed by atoms with Gasteiger partial charge in [0.15, 0.2) is 0 Å². The Hall–Kier alpha value is -4.98. The second-order valence-corrected chi connectivity index (χ2v) is 9.08. The SMILES string of the molecule is COc1ccccc1CNC(=O)c1ccccc1-c1ccccc1C(=O)N(CCC(=O)O)Cc1ccc(F)cc1. The van der Waals surface area contributed by atoms with Gasteiger partial charge in [-0.15, -0.1) is 0 Å². The normalized spacial score (nSPS) is 10.6. The van der Waals surface area contributed by atoms with Crippen LogP contribution in [0.2, 0.25) is 0 Å². The maximum atomic E-state index is 13.8. The van der Waals surface area contributed by atoms with Crippen molar-refractivity contribution in [2.75, 3.05) is 13.7 Å². The van der Waals surface area contributed by atoms with E-state index in [1.165, 1.54) is 17.0 Å². The predicted molar refractivity (Wildman–Crippen MR) is 149 cm³/mol. The van der Waals surface area contributed by atoms with E-state index in [1.54, 1.807) is 67.8 Å². The number of hydrogen-bond acceptors (Lipinski definition) is 4. The molecule has 40 heavy (non-hydrogen) atoms. The molecule has 2 amide bonds. The van der Waals surface area contributed by atoms with Gasteiger partial charge in [-0.2, -0.15) is 0 Å². The van der Waals surface area contributed by atoms with Crippen LogP contribution in [0.4, 0.5) is 4.39 Å². The fourth-order valence-electron chi connectivity index (χ4n) is 4.40. The van der Waals surface area contributed by atoms with Crippen LogP contribution in [0.1, 0.15) is 38.3 Å². The molecule has 4 aromatic carbocycles. The number of carbonyl (C=O) groups is 3.